The molecule has 20 heavy (non-hydrogen) atoms. The summed E-state index contributed by atoms with van der Waals surface area (Å²) in [4.78, 5) is 2.60. The summed E-state index contributed by atoms with van der Waals surface area (Å²) in [7, 11) is 0. The predicted molar refractivity (Wildman–Crippen MR) is 86.3 cm³/mol. The Morgan fingerprint density at radius 1 is 1.30 bits per heavy atom. The fraction of sp³-hybridized carbons (Fsp3) is 0.647. The van der Waals surface area contributed by atoms with Crippen LogP contribution in [-0.4, -0.2) is 25.7 Å². The topological polar surface area (TPSA) is 41.3 Å². The quantitative estimate of drug-likeness (QED) is 0.814. The first-order valence-corrected chi connectivity index (χ1v) is 7.86. The first-order chi connectivity index (χ1) is 9.49. The van der Waals surface area contributed by atoms with Crippen molar-refractivity contribution >= 4 is 11.4 Å². The molecule has 110 valence electrons. The number of hydrogen-bond acceptors (Lipinski definition) is 3. The minimum absolute atomic E-state index is 0.226. The van der Waals surface area contributed by atoms with Crippen LogP contribution in [0.2, 0.25) is 0 Å². The maximum atomic E-state index is 6.02. The molecule has 1 saturated heterocycles. The number of nitrogens with two attached hydrogens (primary N) is 1. The molecule has 3 N–H and O–H groups in total. The number of nitrogen functional groups attached to an aromatic ring is 1. The summed E-state index contributed by atoms with van der Waals surface area (Å²) in [5.41, 5.74) is 9.94. The van der Waals surface area contributed by atoms with E-state index in [2.05, 4.69) is 43.1 Å². The van der Waals surface area contributed by atoms with E-state index in [1.807, 2.05) is 6.07 Å². The van der Waals surface area contributed by atoms with E-state index in [9.17, 15) is 0 Å². The van der Waals surface area contributed by atoms with Crippen molar-refractivity contribution in [2.24, 2.45) is 5.92 Å². The number of nitrogens with one attached hydrogen (secondary N) is 1. The van der Waals surface area contributed by atoms with Crippen molar-refractivity contribution < 1.29 is 0 Å². The Bertz CT molecular complexity index is 489. The van der Waals surface area contributed by atoms with E-state index in [1.165, 1.54) is 24.1 Å². The largest absolute Gasteiger partial charge is 0.399 e. The van der Waals surface area contributed by atoms with Gasteiger partial charge in [0.1, 0.15) is 0 Å². The van der Waals surface area contributed by atoms with Crippen LogP contribution in [0.5, 0.6) is 0 Å². The molecule has 1 atom stereocenters. The second-order valence-electron chi connectivity index (χ2n) is 7.12. The van der Waals surface area contributed by atoms with Gasteiger partial charge >= 0.3 is 0 Å². The molecule has 1 aromatic rings. The van der Waals surface area contributed by atoms with Crippen LogP contribution in [-0.2, 0) is 5.41 Å². The number of benzene rings is 1. The lowest BCUT2D eigenvalue weighted by Crippen LogP contribution is -2.44. The standard InChI is InChI=1S/C17H27N3/c1-12(13-6-8-19-9-7-13)20-11-17(2,3)15-5-4-14(18)10-16(15)20/h4-5,10,12-13,19H,6-9,11,18H2,1-3H3. The van der Waals surface area contributed by atoms with Gasteiger partial charge in [-0.25, -0.2) is 0 Å². The molecule has 3 rings (SSSR count). The average Bonchev–Trinajstić information content (AvgIpc) is 2.70. The number of nitrogens with zero attached hydrogens (tertiary/aromatic N) is 1. The molecule has 3 heteroatoms. The zero-order valence-corrected chi connectivity index (χ0v) is 12.9. The molecule has 1 fully saturated rings. The molecule has 2 heterocycles. The van der Waals surface area contributed by atoms with Crippen LogP contribution < -0.4 is 16.0 Å². The van der Waals surface area contributed by atoms with Gasteiger partial charge in [-0.15, -0.1) is 0 Å². The van der Waals surface area contributed by atoms with Gasteiger partial charge < -0.3 is 16.0 Å². The van der Waals surface area contributed by atoms with E-state index in [1.54, 1.807) is 0 Å². The van der Waals surface area contributed by atoms with Crippen molar-refractivity contribution in [3.05, 3.63) is 23.8 Å². The SMILES string of the molecule is CC(C1CCNCC1)N1CC(C)(C)c2ccc(N)cc21. The van der Waals surface area contributed by atoms with E-state index < -0.39 is 0 Å². The summed E-state index contributed by atoms with van der Waals surface area (Å²) in [6.07, 6.45) is 2.57. The molecule has 0 aliphatic carbocycles. The van der Waals surface area contributed by atoms with Crippen molar-refractivity contribution in [1.82, 2.24) is 5.32 Å². The summed E-state index contributed by atoms with van der Waals surface area (Å²) in [6.45, 7) is 10.5. The van der Waals surface area contributed by atoms with Crippen LogP contribution >= 0.6 is 0 Å². The third-order valence-corrected chi connectivity index (χ3v) is 5.18. The third-order valence-electron chi connectivity index (χ3n) is 5.18. The van der Waals surface area contributed by atoms with Crippen LogP contribution in [0.15, 0.2) is 18.2 Å². The van der Waals surface area contributed by atoms with Crippen molar-refractivity contribution in [1.29, 1.82) is 0 Å². The van der Waals surface area contributed by atoms with Gasteiger partial charge in [0.2, 0.25) is 0 Å². The molecular weight excluding hydrogens is 246 g/mol. The highest BCUT2D eigenvalue weighted by atomic mass is 15.2. The third kappa shape index (κ3) is 2.28. The summed E-state index contributed by atoms with van der Waals surface area (Å²) in [5, 5.41) is 3.47. The van der Waals surface area contributed by atoms with E-state index in [0.29, 0.717) is 6.04 Å². The van der Waals surface area contributed by atoms with Gasteiger partial charge in [0, 0.05) is 29.4 Å². The second-order valence-corrected chi connectivity index (χ2v) is 7.12. The van der Waals surface area contributed by atoms with Gasteiger partial charge in [0.25, 0.3) is 0 Å². The van der Waals surface area contributed by atoms with Crippen LogP contribution in [0.4, 0.5) is 11.4 Å². The van der Waals surface area contributed by atoms with E-state index in [0.717, 1.165) is 31.2 Å². The second kappa shape index (κ2) is 4.96. The van der Waals surface area contributed by atoms with Crippen molar-refractivity contribution in [2.75, 3.05) is 30.3 Å². The monoisotopic (exact) mass is 273 g/mol. The molecule has 0 bridgehead atoms. The van der Waals surface area contributed by atoms with Crippen LogP contribution in [0.25, 0.3) is 0 Å². The molecule has 0 spiro atoms. The maximum Gasteiger partial charge on any atom is 0.0428 e. The Kier molecular flexibility index (Phi) is 3.41. The molecule has 0 aromatic heterocycles. The summed E-state index contributed by atoms with van der Waals surface area (Å²) >= 11 is 0. The Morgan fingerprint density at radius 2 is 2.00 bits per heavy atom. The van der Waals surface area contributed by atoms with Gasteiger partial charge in [-0.2, -0.15) is 0 Å². The van der Waals surface area contributed by atoms with E-state index >= 15 is 0 Å². The van der Waals surface area contributed by atoms with Gasteiger partial charge in [0.05, 0.1) is 0 Å². The Labute approximate surface area is 122 Å². The first kappa shape index (κ1) is 13.7. The molecule has 1 unspecified atom stereocenters. The fourth-order valence-electron chi connectivity index (χ4n) is 3.90. The Hall–Kier alpha value is -1.22. The Balaban J connectivity index is 1.90. The van der Waals surface area contributed by atoms with Crippen molar-refractivity contribution in [2.45, 2.75) is 45.1 Å². The van der Waals surface area contributed by atoms with Crippen LogP contribution in [0.3, 0.4) is 0 Å². The number of piperidine rings is 1. The summed E-state index contributed by atoms with van der Waals surface area (Å²) in [5.74, 6) is 0.791. The molecule has 1 aromatic carbocycles. The highest BCUT2D eigenvalue weighted by Gasteiger charge is 2.38. The smallest absolute Gasteiger partial charge is 0.0428 e. The minimum atomic E-state index is 0.226. The van der Waals surface area contributed by atoms with E-state index in [-0.39, 0.29) is 5.41 Å². The molecule has 2 aliphatic rings. The Morgan fingerprint density at radius 3 is 2.70 bits per heavy atom. The molecule has 0 saturated carbocycles. The van der Waals surface area contributed by atoms with Gasteiger partial charge in [-0.3, -0.25) is 0 Å². The van der Waals surface area contributed by atoms with Crippen LogP contribution in [0, 0.1) is 5.92 Å². The molecular formula is C17H27N3. The van der Waals surface area contributed by atoms with Crippen molar-refractivity contribution in [3.8, 4) is 0 Å². The number of anilines is 2. The average molecular weight is 273 g/mol. The van der Waals surface area contributed by atoms with Gasteiger partial charge in [-0.1, -0.05) is 19.9 Å². The summed E-state index contributed by atoms with van der Waals surface area (Å²) < 4.78 is 0. The lowest BCUT2D eigenvalue weighted by atomic mass is 9.87. The maximum absolute atomic E-state index is 6.02. The number of hydrogen-bond donors (Lipinski definition) is 2. The molecule has 3 nitrogen and oxygen atoms in total. The zero-order chi connectivity index (χ0) is 14.3. The number of fused-ring (bicyclic) bond motifs is 1. The molecule has 0 amide bonds. The van der Waals surface area contributed by atoms with Crippen LogP contribution in [0.1, 0.15) is 39.2 Å². The fourth-order valence-corrected chi connectivity index (χ4v) is 3.90. The predicted octanol–water partition coefficient (Wildman–Crippen LogP) is 2.75. The number of rotatable bonds is 2. The minimum Gasteiger partial charge on any atom is -0.399 e. The van der Waals surface area contributed by atoms with Crippen molar-refractivity contribution in [3.63, 3.8) is 0 Å². The lowest BCUT2D eigenvalue weighted by Gasteiger charge is -2.37. The van der Waals surface area contributed by atoms with Gasteiger partial charge in [-0.05, 0) is 56.5 Å². The molecule has 2 aliphatic heterocycles. The zero-order valence-electron chi connectivity index (χ0n) is 12.9. The molecule has 0 radical (unpaired) electrons. The van der Waals surface area contributed by atoms with E-state index in [4.69, 9.17) is 5.73 Å². The lowest BCUT2D eigenvalue weighted by molar-refractivity contribution is 0.315. The highest BCUT2D eigenvalue weighted by molar-refractivity contribution is 5.68. The normalized spacial score (nSPS) is 23.6. The summed E-state index contributed by atoms with van der Waals surface area (Å²) in [6, 6.07) is 7.03. The first-order valence-electron chi connectivity index (χ1n) is 7.86. The highest BCUT2D eigenvalue weighted by Crippen LogP contribution is 2.43. The van der Waals surface area contributed by atoms with Gasteiger partial charge in [0.15, 0.2) is 0 Å².